The van der Waals surface area contributed by atoms with E-state index < -0.39 is 20.7 Å². The molecule has 3 rings (SSSR count). The molecule has 3 aromatic rings. The SMILES string of the molecule is Cn1c(=NC(=O)CCS(=O)(=O)Cc2ccccc2)sc2cc([N+](=O)[O-])ccc21. The van der Waals surface area contributed by atoms with E-state index in [1.807, 2.05) is 0 Å². The Kier molecular flexibility index (Phi) is 5.71. The number of amides is 1. The van der Waals surface area contributed by atoms with E-state index in [0.717, 1.165) is 11.3 Å². The van der Waals surface area contributed by atoms with Gasteiger partial charge in [0, 0.05) is 25.6 Å². The lowest BCUT2D eigenvalue weighted by Gasteiger charge is -2.02. The summed E-state index contributed by atoms with van der Waals surface area (Å²) in [5, 5.41) is 10.9. The van der Waals surface area contributed by atoms with Crippen LogP contribution in [-0.2, 0) is 27.4 Å². The molecular weight excluding hydrogens is 402 g/mol. The van der Waals surface area contributed by atoms with Gasteiger partial charge in [0.05, 0.1) is 26.6 Å². The second kappa shape index (κ2) is 8.03. The molecule has 1 heterocycles. The molecule has 0 aliphatic heterocycles. The number of rotatable bonds is 6. The molecular formula is C18H17N3O5S2. The van der Waals surface area contributed by atoms with Crippen molar-refractivity contribution in [2.45, 2.75) is 12.2 Å². The molecule has 0 bridgehead atoms. The van der Waals surface area contributed by atoms with E-state index in [1.54, 1.807) is 48.0 Å². The van der Waals surface area contributed by atoms with Gasteiger partial charge in [-0.15, -0.1) is 0 Å². The molecule has 0 atom stereocenters. The van der Waals surface area contributed by atoms with E-state index in [1.165, 1.54) is 12.1 Å². The van der Waals surface area contributed by atoms with Gasteiger partial charge in [-0.2, -0.15) is 4.99 Å². The number of hydrogen-bond acceptors (Lipinski definition) is 6. The minimum atomic E-state index is -3.43. The number of nitrogens with zero attached hydrogens (tertiary/aromatic N) is 3. The molecule has 1 amide bonds. The molecule has 2 aromatic carbocycles. The summed E-state index contributed by atoms with van der Waals surface area (Å²) < 4.78 is 26.7. The number of hydrogen-bond donors (Lipinski definition) is 0. The molecule has 0 spiro atoms. The lowest BCUT2D eigenvalue weighted by molar-refractivity contribution is -0.384. The Morgan fingerprint density at radius 2 is 1.93 bits per heavy atom. The summed E-state index contributed by atoms with van der Waals surface area (Å²) in [6.45, 7) is 0. The summed E-state index contributed by atoms with van der Waals surface area (Å²) in [5.74, 6) is -0.959. The first kappa shape index (κ1) is 19.9. The zero-order chi connectivity index (χ0) is 20.3. The van der Waals surface area contributed by atoms with Crippen molar-refractivity contribution in [3.05, 3.63) is 69.0 Å². The first-order valence-corrected chi connectivity index (χ1v) is 10.9. The molecule has 10 heteroatoms. The number of carbonyl (C=O) groups is 1. The number of aromatic nitrogens is 1. The maximum absolute atomic E-state index is 12.2. The summed E-state index contributed by atoms with van der Waals surface area (Å²) in [4.78, 5) is 26.9. The second-order valence-electron chi connectivity index (χ2n) is 6.19. The van der Waals surface area contributed by atoms with Crippen LogP contribution in [0.2, 0.25) is 0 Å². The minimum Gasteiger partial charge on any atom is -0.319 e. The van der Waals surface area contributed by atoms with E-state index in [2.05, 4.69) is 4.99 Å². The van der Waals surface area contributed by atoms with Crippen LogP contribution >= 0.6 is 11.3 Å². The van der Waals surface area contributed by atoms with Crippen molar-refractivity contribution in [1.29, 1.82) is 0 Å². The molecule has 8 nitrogen and oxygen atoms in total. The Bertz CT molecular complexity index is 1210. The van der Waals surface area contributed by atoms with Crippen LogP contribution in [0, 0.1) is 10.1 Å². The van der Waals surface area contributed by atoms with Crippen molar-refractivity contribution >= 4 is 43.0 Å². The predicted molar refractivity (Wildman–Crippen MR) is 107 cm³/mol. The van der Waals surface area contributed by atoms with Crippen LogP contribution in [-0.4, -0.2) is 29.6 Å². The van der Waals surface area contributed by atoms with Gasteiger partial charge < -0.3 is 4.57 Å². The monoisotopic (exact) mass is 419 g/mol. The lowest BCUT2D eigenvalue weighted by Crippen LogP contribution is -2.16. The molecule has 0 aliphatic rings. The number of benzene rings is 2. The average Bonchev–Trinajstić information content (AvgIpc) is 2.95. The van der Waals surface area contributed by atoms with E-state index in [4.69, 9.17) is 0 Å². The van der Waals surface area contributed by atoms with Gasteiger partial charge in [0.1, 0.15) is 0 Å². The van der Waals surface area contributed by atoms with Crippen molar-refractivity contribution in [3.63, 3.8) is 0 Å². The zero-order valence-corrected chi connectivity index (χ0v) is 16.6. The van der Waals surface area contributed by atoms with Crippen LogP contribution in [0.1, 0.15) is 12.0 Å². The summed E-state index contributed by atoms with van der Waals surface area (Å²) in [6, 6.07) is 13.2. The van der Waals surface area contributed by atoms with Gasteiger partial charge in [-0.25, -0.2) is 8.42 Å². The van der Waals surface area contributed by atoms with Gasteiger partial charge >= 0.3 is 0 Å². The van der Waals surface area contributed by atoms with Crippen LogP contribution in [0.5, 0.6) is 0 Å². The molecule has 1 aromatic heterocycles. The largest absolute Gasteiger partial charge is 0.319 e. The highest BCUT2D eigenvalue weighted by Crippen LogP contribution is 2.22. The number of carbonyl (C=O) groups excluding carboxylic acids is 1. The Balaban J connectivity index is 1.75. The standard InChI is InChI=1S/C18H17N3O5S2/c1-20-15-8-7-14(21(23)24)11-16(15)27-18(20)19-17(22)9-10-28(25,26)12-13-5-3-2-4-6-13/h2-8,11H,9-10,12H2,1H3. The third-order valence-corrected chi connectivity index (χ3v) is 6.77. The van der Waals surface area contributed by atoms with E-state index >= 15 is 0 Å². The van der Waals surface area contributed by atoms with E-state index in [-0.39, 0.29) is 23.6 Å². The topological polar surface area (TPSA) is 112 Å². The van der Waals surface area contributed by atoms with Crippen molar-refractivity contribution in [2.75, 3.05) is 5.75 Å². The van der Waals surface area contributed by atoms with Gasteiger partial charge in [0.15, 0.2) is 14.6 Å². The average molecular weight is 419 g/mol. The fraction of sp³-hybridized carbons (Fsp3) is 0.222. The highest BCUT2D eigenvalue weighted by molar-refractivity contribution is 7.90. The molecule has 146 valence electrons. The number of nitro groups is 1. The Labute approximate surface area is 164 Å². The first-order valence-electron chi connectivity index (χ1n) is 8.31. The number of thiazole rings is 1. The molecule has 0 fully saturated rings. The van der Waals surface area contributed by atoms with E-state index in [9.17, 15) is 23.3 Å². The molecule has 0 unspecified atom stereocenters. The van der Waals surface area contributed by atoms with Crippen molar-refractivity contribution in [2.24, 2.45) is 12.0 Å². The molecule has 28 heavy (non-hydrogen) atoms. The maximum atomic E-state index is 12.2. The first-order chi connectivity index (χ1) is 13.2. The summed E-state index contributed by atoms with van der Waals surface area (Å²) in [6.07, 6.45) is -0.219. The Hall–Kier alpha value is -2.85. The third kappa shape index (κ3) is 4.70. The van der Waals surface area contributed by atoms with Crippen molar-refractivity contribution in [1.82, 2.24) is 4.57 Å². The summed E-state index contributed by atoms with van der Waals surface area (Å²) >= 11 is 1.14. The van der Waals surface area contributed by atoms with Crippen LogP contribution in [0.3, 0.4) is 0 Å². The summed E-state index contributed by atoms with van der Waals surface area (Å²) in [7, 11) is -1.73. The highest BCUT2D eigenvalue weighted by Gasteiger charge is 2.15. The van der Waals surface area contributed by atoms with Gasteiger partial charge in [-0.1, -0.05) is 41.7 Å². The molecule has 0 saturated carbocycles. The molecule has 0 N–H and O–H groups in total. The summed E-state index contributed by atoms with van der Waals surface area (Å²) in [5.41, 5.74) is 1.34. The van der Waals surface area contributed by atoms with Crippen LogP contribution in [0.25, 0.3) is 10.2 Å². The molecule has 0 aliphatic carbocycles. The smallest absolute Gasteiger partial charge is 0.270 e. The number of sulfone groups is 1. The minimum absolute atomic E-state index is 0.0424. The number of aryl methyl sites for hydroxylation is 1. The third-order valence-electron chi connectivity index (χ3n) is 4.08. The predicted octanol–water partition coefficient (Wildman–Crippen LogP) is 2.58. The fourth-order valence-corrected chi connectivity index (χ4v) is 5.05. The normalized spacial score (nSPS) is 12.4. The molecule has 0 radical (unpaired) electrons. The van der Waals surface area contributed by atoms with Crippen LogP contribution in [0.4, 0.5) is 5.69 Å². The lowest BCUT2D eigenvalue weighted by atomic mass is 10.2. The number of nitro benzene ring substituents is 1. The fourth-order valence-electron chi connectivity index (χ4n) is 2.65. The Morgan fingerprint density at radius 1 is 1.21 bits per heavy atom. The van der Waals surface area contributed by atoms with Crippen molar-refractivity contribution < 1.29 is 18.1 Å². The number of non-ortho nitro benzene ring substituents is 1. The van der Waals surface area contributed by atoms with Crippen LogP contribution < -0.4 is 4.80 Å². The number of fused-ring (bicyclic) bond motifs is 1. The Morgan fingerprint density at radius 3 is 2.61 bits per heavy atom. The molecule has 0 saturated heterocycles. The van der Waals surface area contributed by atoms with Crippen LogP contribution in [0.15, 0.2) is 53.5 Å². The van der Waals surface area contributed by atoms with Gasteiger partial charge in [0.25, 0.3) is 5.69 Å². The van der Waals surface area contributed by atoms with E-state index in [0.29, 0.717) is 20.6 Å². The van der Waals surface area contributed by atoms with Gasteiger partial charge in [-0.05, 0) is 11.6 Å². The maximum Gasteiger partial charge on any atom is 0.270 e. The second-order valence-corrected chi connectivity index (χ2v) is 9.38. The van der Waals surface area contributed by atoms with Gasteiger partial charge in [-0.3, -0.25) is 14.9 Å². The zero-order valence-electron chi connectivity index (χ0n) is 14.9. The highest BCUT2D eigenvalue weighted by atomic mass is 32.2. The van der Waals surface area contributed by atoms with Crippen molar-refractivity contribution in [3.8, 4) is 0 Å². The van der Waals surface area contributed by atoms with Gasteiger partial charge in [0.2, 0.25) is 5.91 Å². The quantitative estimate of drug-likeness (QED) is 0.450.